The predicted molar refractivity (Wildman–Crippen MR) is 116 cm³/mol. The number of fused-ring (bicyclic) bond motifs is 1. The number of amides is 1. The molecule has 2 aromatic heterocycles. The van der Waals surface area contributed by atoms with Gasteiger partial charge >= 0.3 is 0 Å². The molecule has 0 aliphatic heterocycles. The van der Waals surface area contributed by atoms with Gasteiger partial charge in [-0.05, 0) is 42.7 Å². The normalized spacial score (nSPS) is 14.8. The molecule has 1 N–H and O–H groups in total. The molecule has 1 saturated carbocycles. The number of carbonyl (C=O) groups is 1. The number of carbonyl (C=O) groups excluding carboxylic acids is 1. The Balaban J connectivity index is 1.75. The van der Waals surface area contributed by atoms with E-state index in [1.807, 2.05) is 30.3 Å². The first kappa shape index (κ1) is 18.5. The molecule has 1 aromatic carbocycles. The van der Waals surface area contributed by atoms with E-state index in [4.69, 9.17) is 11.6 Å². The van der Waals surface area contributed by atoms with E-state index in [9.17, 15) is 4.79 Å². The molecule has 2 heterocycles. The minimum absolute atomic E-state index is 0.241. The standard InChI is InChI=1S/C23H22ClN3O/c1-2-22(28)26-19-13-21-17(10-7-16-8-11-18(24)12-9-16)15-27(23(21)25-14-19)20-5-3-4-6-20/h2,7-15,20H,1,3-6H2,(H,26,28). The van der Waals surface area contributed by atoms with E-state index in [1.165, 1.54) is 31.8 Å². The highest BCUT2D eigenvalue weighted by Gasteiger charge is 2.20. The predicted octanol–water partition coefficient (Wildman–Crippen LogP) is 6.10. The molecule has 1 fully saturated rings. The van der Waals surface area contributed by atoms with E-state index in [0.29, 0.717) is 11.7 Å². The summed E-state index contributed by atoms with van der Waals surface area (Å²) in [6, 6.07) is 10.2. The monoisotopic (exact) mass is 391 g/mol. The van der Waals surface area contributed by atoms with Crippen LogP contribution in [0.1, 0.15) is 42.9 Å². The smallest absolute Gasteiger partial charge is 0.247 e. The topological polar surface area (TPSA) is 46.9 Å². The molecule has 5 heteroatoms. The molecule has 0 bridgehead atoms. The molecule has 0 atom stereocenters. The van der Waals surface area contributed by atoms with Crippen LogP contribution in [-0.2, 0) is 4.79 Å². The second kappa shape index (κ2) is 8.03. The zero-order valence-electron chi connectivity index (χ0n) is 15.6. The van der Waals surface area contributed by atoms with Crippen molar-refractivity contribution < 1.29 is 4.79 Å². The van der Waals surface area contributed by atoms with E-state index in [-0.39, 0.29) is 5.91 Å². The van der Waals surface area contributed by atoms with Crippen molar-refractivity contribution >= 4 is 46.4 Å². The molecule has 3 aromatic rings. The van der Waals surface area contributed by atoms with Gasteiger partial charge in [-0.2, -0.15) is 0 Å². The lowest BCUT2D eigenvalue weighted by molar-refractivity contribution is -0.111. The molecular weight excluding hydrogens is 370 g/mol. The van der Waals surface area contributed by atoms with Gasteiger partial charge in [0.15, 0.2) is 0 Å². The number of rotatable bonds is 5. The first-order valence-corrected chi connectivity index (χ1v) is 9.89. The number of benzene rings is 1. The Morgan fingerprint density at radius 1 is 1.21 bits per heavy atom. The minimum atomic E-state index is -0.241. The largest absolute Gasteiger partial charge is 0.329 e. The van der Waals surface area contributed by atoms with Crippen molar-refractivity contribution in [2.75, 3.05) is 5.32 Å². The van der Waals surface area contributed by atoms with Crippen molar-refractivity contribution in [1.82, 2.24) is 9.55 Å². The van der Waals surface area contributed by atoms with Crippen LogP contribution in [0.3, 0.4) is 0 Å². The Morgan fingerprint density at radius 3 is 2.68 bits per heavy atom. The first-order valence-electron chi connectivity index (χ1n) is 9.52. The molecule has 142 valence electrons. The van der Waals surface area contributed by atoms with E-state index in [0.717, 1.165) is 27.2 Å². The summed E-state index contributed by atoms with van der Waals surface area (Å²) in [5, 5.41) is 4.55. The number of halogens is 1. The summed E-state index contributed by atoms with van der Waals surface area (Å²) in [5.41, 5.74) is 3.79. The molecule has 0 saturated heterocycles. The maximum atomic E-state index is 11.7. The average Bonchev–Trinajstić information content (AvgIpc) is 3.35. The van der Waals surface area contributed by atoms with Gasteiger partial charge in [0, 0.05) is 28.2 Å². The first-order chi connectivity index (χ1) is 13.6. The van der Waals surface area contributed by atoms with E-state index >= 15 is 0 Å². The lowest BCUT2D eigenvalue weighted by atomic mass is 10.1. The molecule has 4 nitrogen and oxygen atoms in total. The van der Waals surface area contributed by atoms with Crippen molar-refractivity contribution in [1.29, 1.82) is 0 Å². The quantitative estimate of drug-likeness (QED) is 0.534. The second-order valence-electron chi connectivity index (χ2n) is 7.10. The molecule has 28 heavy (non-hydrogen) atoms. The molecule has 0 radical (unpaired) electrons. The summed E-state index contributed by atoms with van der Waals surface area (Å²) in [6.07, 6.45) is 14.2. The van der Waals surface area contributed by atoms with Crippen molar-refractivity contribution in [3.8, 4) is 0 Å². The number of hydrogen-bond acceptors (Lipinski definition) is 2. The number of nitrogens with one attached hydrogen (secondary N) is 1. The zero-order valence-corrected chi connectivity index (χ0v) is 16.3. The minimum Gasteiger partial charge on any atom is -0.329 e. The maximum absolute atomic E-state index is 11.7. The van der Waals surface area contributed by atoms with Crippen molar-refractivity contribution in [3.05, 3.63) is 71.5 Å². The van der Waals surface area contributed by atoms with Crippen LogP contribution < -0.4 is 5.32 Å². The Kier molecular flexibility index (Phi) is 5.31. The molecule has 4 rings (SSSR count). The van der Waals surface area contributed by atoms with Gasteiger partial charge in [-0.15, -0.1) is 0 Å². The van der Waals surface area contributed by atoms with Gasteiger partial charge in [0.25, 0.3) is 0 Å². The summed E-state index contributed by atoms with van der Waals surface area (Å²) in [5.74, 6) is -0.241. The third-order valence-electron chi connectivity index (χ3n) is 5.20. The lowest BCUT2D eigenvalue weighted by Gasteiger charge is -2.12. The van der Waals surface area contributed by atoms with Crippen LogP contribution in [-0.4, -0.2) is 15.5 Å². The van der Waals surface area contributed by atoms with Crippen LogP contribution in [0.5, 0.6) is 0 Å². The summed E-state index contributed by atoms with van der Waals surface area (Å²) in [4.78, 5) is 16.3. The van der Waals surface area contributed by atoms with Gasteiger partial charge in [0.05, 0.1) is 11.9 Å². The van der Waals surface area contributed by atoms with E-state index in [1.54, 1.807) is 6.20 Å². The molecule has 0 unspecified atom stereocenters. The Morgan fingerprint density at radius 2 is 1.96 bits per heavy atom. The average molecular weight is 392 g/mol. The van der Waals surface area contributed by atoms with Crippen molar-refractivity contribution in [2.45, 2.75) is 31.7 Å². The Hall–Kier alpha value is -2.85. The fourth-order valence-electron chi connectivity index (χ4n) is 3.77. The second-order valence-corrected chi connectivity index (χ2v) is 7.54. The molecule has 1 aliphatic carbocycles. The highest BCUT2D eigenvalue weighted by Crippen LogP contribution is 2.35. The molecule has 1 amide bonds. The number of anilines is 1. The van der Waals surface area contributed by atoms with Gasteiger partial charge < -0.3 is 9.88 Å². The van der Waals surface area contributed by atoms with Crippen molar-refractivity contribution in [3.63, 3.8) is 0 Å². The summed E-state index contributed by atoms with van der Waals surface area (Å²) >= 11 is 5.98. The van der Waals surface area contributed by atoms with Crippen molar-refractivity contribution in [2.24, 2.45) is 0 Å². The summed E-state index contributed by atoms with van der Waals surface area (Å²) in [6.45, 7) is 3.51. The van der Waals surface area contributed by atoms with Gasteiger partial charge in [0.2, 0.25) is 5.91 Å². The molecule has 1 aliphatic rings. The third kappa shape index (κ3) is 3.87. The highest BCUT2D eigenvalue weighted by atomic mass is 35.5. The third-order valence-corrected chi connectivity index (χ3v) is 5.45. The van der Waals surface area contributed by atoms with Crippen LogP contribution >= 0.6 is 11.6 Å². The number of aromatic nitrogens is 2. The van der Waals surface area contributed by atoms with Crippen LogP contribution in [0.2, 0.25) is 5.02 Å². The van der Waals surface area contributed by atoms with Gasteiger partial charge in [-0.1, -0.05) is 55.3 Å². The summed E-state index contributed by atoms with van der Waals surface area (Å²) in [7, 11) is 0. The van der Waals surface area contributed by atoms with Crippen LogP contribution in [0, 0.1) is 0 Å². The highest BCUT2D eigenvalue weighted by molar-refractivity contribution is 6.30. The van der Waals surface area contributed by atoms with Crippen LogP contribution in [0.4, 0.5) is 5.69 Å². The Labute approximate surface area is 169 Å². The maximum Gasteiger partial charge on any atom is 0.247 e. The SMILES string of the molecule is C=CC(=O)Nc1cnc2c(c1)c(C=Cc1ccc(Cl)cc1)cn2C1CCCC1. The van der Waals surface area contributed by atoms with Crippen LogP contribution in [0.25, 0.3) is 23.2 Å². The number of hydrogen-bond donors (Lipinski definition) is 1. The fraction of sp³-hybridized carbons (Fsp3) is 0.217. The van der Waals surface area contributed by atoms with E-state index < -0.39 is 0 Å². The number of nitrogens with zero attached hydrogens (tertiary/aromatic N) is 2. The number of pyridine rings is 1. The van der Waals surface area contributed by atoms with Gasteiger partial charge in [-0.3, -0.25) is 4.79 Å². The van der Waals surface area contributed by atoms with Gasteiger partial charge in [-0.25, -0.2) is 4.98 Å². The lowest BCUT2D eigenvalue weighted by Crippen LogP contribution is -2.08. The van der Waals surface area contributed by atoms with E-state index in [2.05, 4.69) is 39.8 Å². The summed E-state index contributed by atoms with van der Waals surface area (Å²) < 4.78 is 2.29. The molecular formula is C23H22ClN3O. The molecule has 0 spiro atoms. The van der Waals surface area contributed by atoms with Gasteiger partial charge in [0.1, 0.15) is 5.65 Å². The zero-order chi connectivity index (χ0) is 19.5. The van der Waals surface area contributed by atoms with Crippen LogP contribution in [0.15, 0.2) is 55.4 Å². The Bertz CT molecular complexity index is 1040. The fourth-order valence-corrected chi connectivity index (χ4v) is 3.90.